The number of carbonyl (C=O) groups is 2. The summed E-state index contributed by atoms with van der Waals surface area (Å²) in [7, 11) is 1.61. The molecule has 0 unspecified atom stereocenters. The van der Waals surface area contributed by atoms with Gasteiger partial charge in [0.25, 0.3) is 0 Å². The van der Waals surface area contributed by atoms with Crippen LogP contribution in [0.2, 0.25) is 5.02 Å². The Balaban J connectivity index is 1.43. The number of hydrogen-bond donors (Lipinski definition) is 2. The molecule has 0 saturated heterocycles. The van der Waals surface area contributed by atoms with Crippen molar-refractivity contribution in [2.45, 2.75) is 12.1 Å². The quantitative estimate of drug-likeness (QED) is 0.124. The minimum Gasteiger partial charge on any atom is -0.497 e. The second-order valence-electron chi connectivity index (χ2n) is 7.90. The SMILES string of the molecule is C=C(NNC(=O)CSc1nnc(-c2ccc(OC)cc2)n1-c1ccc(Cl)cc1)c1ccc(OC(C)=O)cc1. The molecule has 11 heteroatoms. The van der Waals surface area contributed by atoms with Crippen LogP contribution in [0.4, 0.5) is 0 Å². The number of aromatic nitrogens is 3. The Kier molecular flexibility index (Phi) is 8.67. The molecule has 0 bridgehead atoms. The number of rotatable bonds is 10. The van der Waals surface area contributed by atoms with E-state index in [-0.39, 0.29) is 11.7 Å². The second kappa shape index (κ2) is 12.3. The molecule has 2 N–H and O–H groups in total. The molecular formula is C27H24ClN5O4S. The molecule has 3 aromatic carbocycles. The zero-order chi connectivity index (χ0) is 27.1. The fourth-order valence-electron chi connectivity index (χ4n) is 3.39. The first-order valence-electron chi connectivity index (χ1n) is 11.3. The highest BCUT2D eigenvalue weighted by Gasteiger charge is 2.18. The monoisotopic (exact) mass is 549 g/mol. The van der Waals surface area contributed by atoms with Crippen LogP contribution in [0.3, 0.4) is 0 Å². The van der Waals surface area contributed by atoms with Crippen LogP contribution in [0.5, 0.6) is 11.5 Å². The standard InChI is InChI=1S/C27H24ClN5O4S/c1-17(19-4-14-24(15-5-19)37-18(2)34)29-30-25(35)16-38-27-32-31-26(20-6-12-23(36-3)13-7-20)33(27)22-10-8-21(28)9-11-22/h4-15,29H,1,16H2,2-3H3,(H,30,35). The van der Waals surface area contributed by atoms with Crippen LogP contribution >= 0.6 is 23.4 Å². The summed E-state index contributed by atoms with van der Waals surface area (Å²) >= 11 is 7.33. The molecule has 0 atom stereocenters. The van der Waals surface area contributed by atoms with Gasteiger partial charge < -0.3 is 9.47 Å². The van der Waals surface area contributed by atoms with Crippen molar-refractivity contribution in [1.82, 2.24) is 25.6 Å². The molecule has 0 fully saturated rings. The smallest absolute Gasteiger partial charge is 0.308 e. The van der Waals surface area contributed by atoms with Gasteiger partial charge in [0.2, 0.25) is 5.91 Å². The van der Waals surface area contributed by atoms with E-state index in [1.165, 1.54) is 18.7 Å². The van der Waals surface area contributed by atoms with Crippen molar-refractivity contribution < 1.29 is 19.1 Å². The first-order valence-corrected chi connectivity index (χ1v) is 12.7. The topological polar surface area (TPSA) is 107 Å². The molecule has 194 valence electrons. The molecule has 1 heterocycles. The molecule has 0 aliphatic rings. The van der Waals surface area contributed by atoms with Gasteiger partial charge in [-0.1, -0.05) is 29.9 Å². The molecule has 4 rings (SSSR count). The maximum atomic E-state index is 12.6. The maximum Gasteiger partial charge on any atom is 0.308 e. The fraction of sp³-hybridized carbons (Fsp3) is 0.111. The van der Waals surface area contributed by atoms with Crippen molar-refractivity contribution in [3.8, 4) is 28.6 Å². The molecule has 0 aliphatic heterocycles. The lowest BCUT2D eigenvalue weighted by molar-refractivity contribution is -0.131. The van der Waals surface area contributed by atoms with Gasteiger partial charge in [-0.3, -0.25) is 25.0 Å². The summed E-state index contributed by atoms with van der Waals surface area (Å²) < 4.78 is 12.1. The number of methoxy groups -OCH3 is 1. The molecule has 0 radical (unpaired) electrons. The summed E-state index contributed by atoms with van der Waals surface area (Å²) in [6.45, 7) is 5.26. The molecule has 0 spiro atoms. The molecule has 1 aromatic heterocycles. The van der Waals surface area contributed by atoms with Gasteiger partial charge in [-0.05, 0) is 78.4 Å². The van der Waals surface area contributed by atoms with Crippen LogP contribution in [0.25, 0.3) is 22.8 Å². The number of benzene rings is 3. The third kappa shape index (κ3) is 6.72. The lowest BCUT2D eigenvalue weighted by atomic mass is 10.2. The lowest BCUT2D eigenvalue weighted by Gasteiger charge is -2.13. The first-order chi connectivity index (χ1) is 18.3. The highest BCUT2D eigenvalue weighted by atomic mass is 35.5. The summed E-state index contributed by atoms with van der Waals surface area (Å²) in [5.41, 5.74) is 8.27. The van der Waals surface area contributed by atoms with E-state index >= 15 is 0 Å². The molecule has 1 amide bonds. The van der Waals surface area contributed by atoms with Gasteiger partial charge >= 0.3 is 5.97 Å². The number of esters is 1. The maximum absolute atomic E-state index is 12.6. The van der Waals surface area contributed by atoms with E-state index in [1.807, 2.05) is 41.0 Å². The van der Waals surface area contributed by atoms with Crippen molar-refractivity contribution in [3.05, 3.63) is 90.0 Å². The van der Waals surface area contributed by atoms with E-state index in [0.29, 0.717) is 27.5 Å². The van der Waals surface area contributed by atoms with Crippen LogP contribution in [0.1, 0.15) is 12.5 Å². The molecule has 38 heavy (non-hydrogen) atoms. The third-order valence-electron chi connectivity index (χ3n) is 5.22. The largest absolute Gasteiger partial charge is 0.497 e. The second-order valence-corrected chi connectivity index (χ2v) is 9.28. The zero-order valence-corrected chi connectivity index (χ0v) is 22.2. The Morgan fingerprint density at radius 1 is 0.947 bits per heavy atom. The van der Waals surface area contributed by atoms with E-state index in [2.05, 4.69) is 27.6 Å². The van der Waals surface area contributed by atoms with Crippen molar-refractivity contribution in [3.63, 3.8) is 0 Å². The Hall–Kier alpha value is -4.28. The highest BCUT2D eigenvalue weighted by Crippen LogP contribution is 2.29. The number of carbonyl (C=O) groups excluding carboxylic acids is 2. The van der Waals surface area contributed by atoms with E-state index < -0.39 is 5.97 Å². The van der Waals surface area contributed by atoms with Crippen LogP contribution in [-0.2, 0) is 9.59 Å². The van der Waals surface area contributed by atoms with Crippen LogP contribution < -0.4 is 20.3 Å². The number of thioether (sulfide) groups is 1. The Labute approximate surface area is 228 Å². The van der Waals surface area contributed by atoms with Gasteiger partial charge in [0.1, 0.15) is 11.5 Å². The van der Waals surface area contributed by atoms with Crippen LogP contribution in [0.15, 0.2) is 84.5 Å². The Bertz CT molecular complexity index is 1440. The number of amides is 1. The van der Waals surface area contributed by atoms with Gasteiger partial charge in [-0.15, -0.1) is 10.2 Å². The molecule has 9 nitrogen and oxygen atoms in total. The van der Waals surface area contributed by atoms with Crippen molar-refractivity contribution in [1.29, 1.82) is 0 Å². The summed E-state index contributed by atoms with van der Waals surface area (Å²) in [6, 6.07) is 21.5. The summed E-state index contributed by atoms with van der Waals surface area (Å²) in [4.78, 5) is 23.6. The Morgan fingerprint density at radius 3 is 2.24 bits per heavy atom. The summed E-state index contributed by atoms with van der Waals surface area (Å²) in [5, 5.41) is 9.86. The van der Waals surface area contributed by atoms with E-state index in [9.17, 15) is 9.59 Å². The van der Waals surface area contributed by atoms with Crippen molar-refractivity contribution in [2.75, 3.05) is 12.9 Å². The third-order valence-corrected chi connectivity index (χ3v) is 6.40. The van der Waals surface area contributed by atoms with Gasteiger partial charge in [0.05, 0.1) is 18.6 Å². The first kappa shape index (κ1) is 26.8. The number of hydrazine groups is 1. The highest BCUT2D eigenvalue weighted by molar-refractivity contribution is 7.99. The average molecular weight is 550 g/mol. The molecular weight excluding hydrogens is 526 g/mol. The van der Waals surface area contributed by atoms with Crippen LogP contribution in [0, 0.1) is 0 Å². The van der Waals surface area contributed by atoms with Gasteiger partial charge in [0, 0.05) is 23.2 Å². The summed E-state index contributed by atoms with van der Waals surface area (Å²) in [6.07, 6.45) is 0. The molecule has 0 aliphatic carbocycles. The predicted octanol–water partition coefficient (Wildman–Crippen LogP) is 4.91. The van der Waals surface area contributed by atoms with Gasteiger partial charge in [-0.2, -0.15) is 0 Å². The van der Waals surface area contributed by atoms with E-state index in [4.69, 9.17) is 21.1 Å². The van der Waals surface area contributed by atoms with Crippen molar-refractivity contribution >= 4 is 40.9 Å². The zero-order valence-electron chi connectivity index (χ0n) is 20.6. The number of halogens is 1. The molecule has 0 saturated carbocycles. The molecule has 4 aromatic rings. The van der Waals surface area contributed by atoms with E-state index in [1.54, 1.807) is 43.5 Å². The van der Waals surface area contributed by atoms with Gasteiger partial charge in [0.15, 0.2) is 11.0 Å². The number of nitrogens with zero attached hydrogens (tertiary/aromatic N) is 3. The minimum absolute atomic E-state index is 0.0694. The number of nitrogens with one attached hydrogen (secondary N) is 2. The fourth-order valence-corrected chi connectivity index (χ4v) is 4.26. The number of ether oxygens (including phenoxy) is 2. The lowest BCUT2D eigenvalue weighted by Crippen LogP contribution is -2.37. The van der Waals surface area contributed by atoms with Crippen LogP contribution in [-0.4, -0.2) is 39.5 Å². The van der Waals surface area contributed by atoms with E-state index in [0.717, 1.165) is 22.6 Å². The summed E-state index contributed by atoms with van der Waals surface area (Å²) in [5.74, 6) is 1.15. The average Bonchev–Trinajstić information content (AvgIpc) is 3.35. The normalized spacial score (nSPS) is 10.5. The minimum atomic E-state index is -0.400. The Morgan fingerprint density at radius 2 is 1.61 bits per heavy atom. The van der Waals surface area contributed by atoms with Crippen molar-refractivity contribution in [2.24, 2.45) is 0 Å². The van der Waals surface area contributed by atoms with Gasteiger partial charge in [-0.25, -0.2) is 0 Å². The predicted molar refractivity (Wildman–Crippen MR) is 147 cm³/mol. The number of hydrogen-bond acceptors (Lipinski definition) is 8.